The fraction of sp³-hybridized carbons (Fsp3) is 0.909. The Morgan fingerprint density at radius 1 is 1.40 bits per heavy atom. The van der Waals surface area contributed by atoms with E-state index in [0.717, 1.165) is 12.3 Å². The first-order valence-corrected chi connectivity index (χ1v) is 6.47. The summed E-state index contributed by atoms with van der Waals surface area (Å²) in [6.07, 6.45) is 0.617. The van der Waals surface area contributed by atoms with Gasteiger partial charge in [-0.3, -0.25) is 4.79 Å². The smallest absolute Gasteiger partial charge is 0.220 e. The predicted molar refractivity (Wildman–Crippen MR) is 68.3 cm³/mol. The van der Waals surface area contributed by atoms with Crippen molar-refractivity contribution < 1.29 is 4.79 Å². The van der Waals surface area contributed by atoms with Crippen molar-refractivity contribution in [1.82, 2.24) is 10.2 Å². The van der Waals surface area contributed by atoms with Crippen LogP contribution in [0.3, 0.4) is 0 Å². The molecule has 0 saturated heterocycles. The lowest BCUT2D eigenvalue weighted by molar-refractivity contribution is -0.120. The van der Waals surface area contributed by atoms with E-state index in [-0.39, 0.29) is 5.91 Å². The van der Waals surface area contributed by atoms with Crippen LogP contribution in [0.4, 0.5) is 0 Å². The molecular weight excluding hydrogens is 208 g/mol. The number of nitrogens with one attached hydrogen (secondary N) is 1. The molecule has 0 aromatic heterocycles. The number of thioether (sulfide) groups is 1. The van der Waals surface area contributed by atoms with Gasteiger partial charge in [0, 0.05) is 25.3 Å². The molecule has 1 unspecified atom stereocenters. The standard InChI is InChI=1S/C11H24N2OS/c1-9(2)8-15-10(7-13(4)5)6-11(14)12-3/h9-10H,6-8H2,1-5H3,(H,12,14). The normalized spacial score (nSPS) is 13.3. The molecule has 0 saturated carbocycles. The van der Waals surface area contributed by atoms with Crippen LogP contribution in [0.2, 0.25) is 0 Å². The van der Waals surface area contributed by atoms with Crippen LogP contribution >= 0.6 is 11.8 Å². The highest BCUT2D eigenvalue weighted by Crippen LogP contribution is 2.18. The Morgan fingerprint density at radius 2 is 2.00 bits per heavy atom. The molecule has 0 aliphatic heterocycles. The van der Waals surface area contributed by atoms with Crippen LogP contribution in [-0.2, 0) is 4.79 Å². The van der Waals surface area contributed by atoms with Gasteiger partial charge in [-0.1, -0.05) is 13.8 Å². The van der Waals surface area contributed by atoms with Crippen molar-refractivity contribution in [2.75, 3.05) is 33.4 Å². The minimum Gasteiger partial charge on any atom is -0.359 e. The van der Waals surface area contributed by atoms with Gasteiger partial charge in [-0.05, 0) is 25.8 Å². The molecule has 15 heavy (non-hydrogen) atoms. The van der Waals surface area contributed by atoms with Gasteiger partial charge in [0.05, 0.1) is 0 Å². The summed E-state index contributed by atoms with van der Waals surface area (Å²) in [5, 5.41) is 3.09. The van der Waals surface area contributed by atoms with Gasteiger partial charge in [-0.15, -0.1) is 0 Å². The summed E-state index contributed by atoms with van der Waals surface area (Å²) in [6.45, 7) is 5.38. The average Bonchev–Trinajstić information content (AvgIpc) is 2.13. The third-order valence-corrected chi connectivity index (χ3v) is 3.57. The molecule has 90 valence electrons. The molecule has 0 heterocycles. The second-order valence-electron chi connectivity index (χ2n) is 4.49. The van der Waals surface area contributed by atoms with Crippen molar-refractivity contribution in [3.63, 3.8) is 0 Å². The maximum Gasteiger partial charge on any atom is 0.220 e. The Bertz CT molecular complexity index is 183. The highest BCUT2D eigenvalue weighted by atomic mass is 32.2. The lowest BCUT2D eigenvalue weighted by Crippen LogP contribution is -2.30. The Kier molecular flexibility index (Phi) is 7.88. The van der Waals surface area contributed by atoms with Crippen molar-refractivity contribution in [1.29, 1.82) is 0 Å². The molecule has 4 heteroatoms. The topological polar surface area (TPSA) is 32.3 Å². The monoisotopic (exact) mass is 232 g/mol. The zero-order chi connectivity index (χ0) is 11.8. The second kappa shape index (κ2) is 7.99. The number of carbonyl (C=O) groups is 1. The molecule has 1 atom stereocenters. The van der Waals surface area contributed by atoms with Crippen molar-refractivity contribution in [2.45, 2.75) is 25.5 Å². The molecule has 0 spiro atoms. The second-order valence-corrected chi connectivity index (χ2v) is 5.82. The molecule has 0 fully saturated rings. The molecule has 0 aliphatic carbocycles. The molecule has 0 rings (SSSR count). The third kappa shape index (κ3) is 8.75. The molecule has 1 N–H and O–H groups in total. The molecule has 0 bridgehead atoms. The Hall–Kier alpha value is -0.220. The van der Waals surface area contributed by atoms with E-state index in [1.807, 2.05) is 25.9 Å². The van der Waals surface area contributed by atoms with Crippen molar-refractivity contribution in [3.8, 4) is 0 Å². The summed E-state index contributed by atoms with van der Waals surface area (Å²) >= 11 is 1.90. The van der Waals surface area contributed by atoms with E-state index in [2.05, 4.69) is 24.1 Å². The summed E-state index contributed by atoms with van der Waals surface area (Å²) in [4.78, 5) is 13.4. The molecule has 0 aliphatic rings. The van der Waals surface area contributed by atoms with E-state index in [0.29, 0.717) is 17.6 Å². The highest BCUT2D eigenvalue weighted by molar-refractivity contribution is 7.99. The number of amides is 1. The first kappa shape index (κ1) is 14.8. The first-order chi connectivity index (χ1) is 6.95. The van der Waals surface area contributed by atoms with Crippen LogP contribution in [0.1, 0.15) is 20.3 Å². The van der Waals surface area contributed by atoms with Crippen molar-refractivity contribution in [3.05, 3.63) is 0 Å². The number of hydrogen-bond acceptors (Lipinski definition) is 3. The molecule has 0 aromatic carbocycles. The maximum atomic E-state index is 11.3. The quantitative estimate of drug-likeness (QED) is 0.721. The number of carbonyl (C=O) groups excluding carboxylic acids is 1. The summed E-state index contributed by atoms with van der Waals surface area (Å²) in [7, 11) is 5.79. The van der Waals surface area contributed by atoms with Gasteiger partial charge in [0.2, 0.25) is 5.91 Å². The van der Waals surface area contributed by atoms with Gasteiger partial charge in [0.15, 0.2) is 0 Å². The zero-order valence-corrected chi connectivity index (χ0v) is 11.4. The average molecular weight is 232 g/mol. The van der Waals surface area contributed by atoms with E-state index in [1.54, 1.807) is 7.05 Å². The van der Waals surface area contributed by atoms with Crippen LogP contribution < -0.4 is 5.32 Å². The fourth-order valence-corrected chi connectivity index (χ4v) is 2.55. The number of nitrogens with zero attached hydrogens (tertiary/aromatic N) is 1. The molecule has 1 amide bonds. The molecule has 3 nitrogen and oxygen atoms in total. The Morgan fingerprint density at radius 3 is 2.40 bits per heavy atom. The van der Waals surface area contributed by atoms with Crippen LogP contribution in [-0.4, -0.2) is 49.5 Å². The SMILES string of the molecule is CNC(=O)CC(CN(C)C)SCC(C)C. The van der Waals surface area contributed by atoms with Crippen LogP contribution in [0.15, 0.2) is 0 Å². The van der Waals surface area contributed by atoms with E-state index in [1.165, 1.54) is 0 Å². The highest BCUT2D eigenvalue weighted by Gasteiger charge is 2.14. The maximum absolute atomic E-state index is 11.3. The predicted octanol–water partition coefficient (Wildman–Crippen LogP) is 1.44. The van der Waals surface area contributed by atoms with E-state index in [9.17, 15) is 4.79 Å². The largest absolute Gasteiger partial charge is 0.359 e. The Balaban J connectivity index is 4.00. The summed E-state index contributed by atoms with van der Waals surface area (Å²) < 4.78 is 0. The van der Waals surface area contributed by atoms with E-state index >= 15 is 0 Å². The summed E-state index contributed by atoms with van der Waals surface area (Å²) in [6, 6.07) is 0. The molecule has 0 aromatic rings. The third-order valence-electron chi connectivity index (χ3n) is 1.93. The summed E-state index contributed by atoms with van der Waals surface area (Å²) in [5.74, 6) is 1.94. The number of rotatable bonds is 7. The van der Waals surface area contributed by atoms with Crippen molar-refractivity contribution in [2.24, 2.45) is 5.92 Å². The van der Waals surface area contributed by atoms with Gasteiger partial charge in [0.25, 0.3) is 0 Å². The van der Waals surface area contributed by atoms with Gasteiger partial charge < -0.3 is 10.2 Å². The number of hydrogen-bond donors (Lipinski definition) is 1. The van der Waals surface area contributed by atoms with E-state index in [4.69, 9.17) is 0 Å². The fourth-order valence-electron chi connectivity index (χ4n) is 1.22. The van der Waals surface area contributed by atoms with Crippen molar-refractivity contribution >= 4 is 17.7 Å². The Labute approximate surface area is 98.0 Å². The van der Waals surface area contributed by atoms with Gasteiger partial charge >= 0.3 is 0 Å². The van der Waals surface area contributed by atoms with Crippen LogP contribution in [0.25, 0.3) is 0 Å². The van der Waals surface area contributed by atoms with E-state index < -0.39 is 0 Å². The van der Waals surface area contributed by atoms with Crippen LogP contribution in [0.5, 0.6) is 0 Å². The zero-order valence-electron chi connectivity index (χ0n) is 10.5. The van der Waals surface area contributed by atoms with Gasteiger partial charge in [0.1, 0.15) is 0 Å². The van der Waals surface area contributed by atoms with Gasteiger partial charge in [-0.25, -0.2) is 0 Å². The minimum absolute atomic E-state index is 0.137. The van der Waals surface area contributed by atoms with Gasteiger partial charge in [-0.2, -0.15) is 11.8 Å². The van der Waals surface area contributed by atoms with Crippen LogP contribution in [0, 0.1) is 5.92 Å². The lowest BCUT2D eigenvalue weighted by atomic mass is 10.3. The lowest BCUT2D eigenvalue weighted by Gasteiger charge is -2.20. The summed E-state index contributed by atoms with van der Waals surface area (Å²) in [5.41, 5.74) is 0. The molecule has 0 radical (unpaired) electrons. The molecular formula is C11H24N2OS. The first-order valence-electron chi connectivity index (χ1n) is 5.42. The minimum atomic E-state index is 0.137.